The molecule has 1 spiro atoms. The van der Waals surface area contributed by atoms with Gasteiger partial charge in [0.1, 0.15) is 6.61 Å². The molecule has 0 bridgehead atoms. The Morgan fingerprint density at radius 1 is 1.42 bits per heavy atom. The van der Waals surface area contributed by atoms with Crippen LogP contribution in [0.4, 0.5) is 4.79 Å². The number of ether oxygens (including phenoxy) is 1. The van der Waals surface area contributed by atoms with E-state index in [0.29, 0.717) is 6.61 Å². The lowest BCUT2D eigenvalue weighted by molar-refractivity contribution is 0.0353. The van der Waals surface area contributed by atoms with Gasteiger partial charge in [-0.3, -0.25) is 0 Å². The molecule has 0 saturated carbocycles. The van der Waals surface area contributed by atoms with Gasteiger partial charge in [0, 0.05) is 18.5 Å². The molecule has 0 aromatic heterocycles. The maximum Gasteiger partial charge on any atom is 0.407 e. The monoisotopic (exact) mass is 170 g/mol. The molecule has 2 fully saturated rings. The van der Waals surface area contributed by atoms with E-state index in [1.54, 1.807) is 0 Å². The van der Waals surface area contributed by atoms with Crippen LogP contribution in [-0.4, -0.2) is 32.3 Å². The summed E-state index contributed by atoms with van der Waals surface area (Å²) in [5.41, 5.74) is 0.173. The van der Waals surface area contributed by atoms with Crippen molar-refractivity contribution in [1.82, 2.24) is 10.6 Å². The van der Waals surface area contributed by atoms with Crippen LogP contribution in [0.1, 0.15) is 12.8 Å². The highest BCUT2D eigenvalue weighted by molar-refractivity contribution is 5.68. The van der Waals surface area contributed by atoms with Gasteiger partial charge in [-0.1, -0.05) is 0 Å². The molecule has 4 nitrogen and oxygen atoms in total. The third-order valence-electron chi connectivity index (χ3n) is 2.68. The molecular formula is C8H14N2O2. The fourth-order valence-corrected chi connectivity index (χ4v) is 1.88. The number of amides is 1. The van der Waals surface area contributed by atoms with Gasteiger partial charge < -0.3 is 15.4 Å². The Hall–Kier alpha value is -0.770. The third-order valence-corrected chi connectivity index (χ3v) is 2.68. The first-order valence-corrected chi connectivity index (χ1v) is 4.42. The molecule has 68 valence electrons. The lowest BCUT2D eigenvalue weighted by Crippen LogP contribution is -2.54. The molecule has 2 saturated heterocycles. The van der Waals surface area contributed by atoms with Gasteiger partial charge in [-0.25, -0.2) is 4.79 Å². The third kappa shape index (κ3) is 1.39. The highest BCUT2D eigenvalue weighted by Crippen LogP contribution is 2.27. The summed E-state index contributed by atoms with van der Waals surface area (Å²) in [6, 6.07) is 0. The first-order valence-electron chi connectivity index (χ1n) is 4.42. The van der Waals surface area contributed by atoms with E-state index in [4.69, 9.17) is 4.74 Å². The van der Waals surface area contributed by atoms with Crippen LogP contribution in [0.5, 0.6) is 0 Å². The largest absolute Gasteiger partial charge is 0.449 e. The van der Waals surface area contributed by atoms with Gasteiger partial charge in [-0.2, -0.15) is 0 Å². The lowest BCUT2D eigenvalue weighted by atomic mass is 9.81. The van der Waals surface area contributed by atoms with Crippen LogP contribution < -0.4 is 10.6 Å². The molecule has 4 heteroatoms. The quantitative estimate of drug-likeness (QED) is 0.542. The van der Waals surface area contributed by atoms with E-state index in [9.17, 15) is 4.79 Å². The summed E-state index contributed by atoms with van der Waals surface area (Å²) < 4.78 is 4.98. The van der Waals surface area contributed by atoms with Crippen molar-refractivity contribution in [2.24, 2.45) is 5.41 Å². The summed E-state index contributed by atoms with van der Waals surface area (Å²) >= 11 is 0. The topological polar surface area (TPSA) is 50.4 Å². The van der Waals surface area contributed by atoms with Gasteiger partial charge in [-0.05, 0) is 19.4 Å². The van der Waals surface area contributed by atoms with E-state index in [0.717, 1.165) is 26.1 Å². The number of alkyl carbamates (subject to hydrolysis) is 1. The Morgan fingerprint density at radius 3 is 2.92 bits per heavy atom. The van der Waals surface area contributed by atoms with Gasteiger partial charge in [0.25, 0.3) is 0 Å². The van der Waals surface area contributed by atoms with Crippen molar-refractivity contribution in [2.45, 2.75) is 12.8 Å². The van der Waals surface area contributed by atoms with Gasteiger partial charge in [-0.15, -0.1) is 0 Å². The Bertz CT molecular complexity index is 175. The number of hydrogen-bond acceptors (Lipinski definition) is 3. The lowest BCUT2D eigenvalue weighted by Gasteiger charge is -2.39. The first-order chi connectivity index (χ1) is 5.81. The van der Waals surface area contributed by atoms with E-state index in [1.165, 1.54) is 6.42 Å². The summed E-state index contributed by atoms with van der Waals surface area (Å²) in [4.78, 5) is 10.7. The van der Waals surface area contributed by atoms with Crippen LogP contribution in [0, 0.1) is 5.41 Å². The minimum Gasteiger partial charge on any atom is -0.449 e. The van der Waals surface area contributed by atoms with E-state index < -0.39 is 0 Å². The second-order valence-electron chi connectivity index (χ2n) is 3.71. The summed E-state index contributed by atoms with van der Waals surface area (Å²) in [6.45, 7) is 3.40. The van der Waals surface area contributed by atoms with Crippen LogP contribution in [0.3, 0.4) is 0 Å². The second kappa shape index (κ2) is 2.94. The number of hydrogen-bond donors (Lipinski definition) is 2. The van der Waals surface area contributed by atoms with E-state index in [1.807, 2.05) is 0 Å². The average Bonchev–Trinajstić information content (AvgIpc) is 2.13. The van der Waals surface area contributed by atoms with E-state index in [-0.39, 0.29) is 11.5 Å². The zero-order valence-corrected chi connectivity index (χ0v) is 7.06. The van der Waals surface area contributed by atoms with E-state index in [2.05, 4.69) is 10.6 Å². The molecule has 1 unspecified atom stereocenters. The molecule has 1 atom stereocenters. The minimum absolute atomic E-state index is 0.173. The Labute approximate surface area is 71.7 Å². The first kappa shape index (κ1) is 7.86. The van der Waals surface area contributed by atoms with Crippen molar-refractivity contribution >= 4 is 6.09 Å². The van der Waals surface area contributed by atoms with Crippen LogP contribution in [-0.2, 0) is 4.74 Å². The molecule has 0 aliphatic carbocycles. The second-order valence-corrected chi connectivity index (χ2v) is 3.71. The SMILES string of the molecule is O=C1NCC2(CCCNC2)CO1. The van der Waals surface area contributed by atoms with Gasteiger partial charge in [0.2, 0.25) is 0 Å². The molecule has 0 aromatic carbocycles. The molecule has 0 aromatic rings. The fraction of sp³-hybridized carbons (Fsp3) is 0.875. The summed E-state index contributed by atoms with van der Waals surface area (Å²) in [6.07, 6.45) is 2.06. The van der Waals surface area contributed by atoms with Crippen molar-refractivity contribution in [3.63, 3.8) is 0 Å². The summed E-state index contributed by atoms with van der Waals surface area (Å²) in [5, 5.41) is 6.07. The van der Waals surface area contributed by atoms with Crippen LogP contribution in [0.15, 0.2) is 0 Å². The number of rotatable bonds is 0. The maximum absolute atomic E-state index is 10.7. The minimum atomic E-state index is -0.272. The molecule has 2 rings (SSSR count). The highest BCUT2D eigenvalue weighted by atomic mass is 16.6. The van der Waals surface area contributed by atoms with Gasteiger partial charge in [0.05, 0.1) is 0 Å². The number of carbonyl (C=O) groups excluding carboxylic acids is 1. The van der Waals surface area contributed by atoms with Crippen molar-refractivity contribution < 1.29 is 9.53 Å². The molecule has 2 N–H and O–H groups in total. The van der Waals surface area contributed by atoms with Crippen LogP contribution in [0.25, 0.3) is 0 Å². The maximum atomic E-state index is 10.7. The highest BCUT2D eigenvalue weighted by Gasteiger charge is 2.36. The number of cyclic esters (lactones) is 1. The standard InChI is InChI=1S/C8H14N2O2/c11-7-10-5-8(6-12-7)2-1-3-9-4-8/h9H,1-6H2,(H,10,11). The van der Waals surface area contributed by atoms with E-state index >= 15 is 0 Å². The molecule has 2 aliphatic heterocycles. The average molecular weight is 170 g/mol. The van der Waals surface area contributed by atoms with Crippen LogP contribution in [0.2, 0.25) is 0 Å². The Morgan fingerprint density at radius 2 is 2.33 bits per heavy atom. The number of carbonyl (C=O) groups is 1. The smallest absolute Gasteiger partial charge is 0.407 e. The molecule has 1 amide bonds. The molecule has 2 aliphatic rings. The predicted molar refractivity (Wildman–Crippen MR) is 43.9 cm³/mol. The van der Waals surface area contributed by atoms with Crippen molar-refractivity contribution in [2.75, 3.05) is 26.2 Å². The van der Waals surface area contributed by atoms with Crippen molar-refractivity contribution in [3.05, 3.63) is 0 Å². The predicted octanol–water partition coefficient (Wildman–Crippen LogP) is 0.0960. The fourth-order valence-electron chi connectivity index (χ4n) is 1.88. The molecule has 0 radical (unpaired) electrons. The molecule has 2 heterocycles. The van der Waals surface area contributed by atoms with Crippen molar-refractivity contribution in [1.29, 1.82) is 0 Å². The zero-order chi connectivity index (χ0) is 8.44. The van der Waals surface area contributed by atoms with Crippen molar-refractivity contribution in [3.8, 4) is 0 Å². The Balaban J connectivity index is 1.96. The zero-order valence-electron chi connectivity index (χ0n) is 7.06. The summed E-state index contributed by atoms with van der Waals surface area (Å²) in [7, 11) is 0. The number of piperidine rings is 1. The normalized spacial score (nSPS) is 35.8. The summed E-state index contributed by atoms with van der Waals surface area (Å²) in [5.74, 6) is 0. The molecule has 12 heavy (non-hydrogen) atoms. The molecular weight excluding hydrogens is 156 g/mol. The Kier molecular flexibility index (Phi) is 1.92. The van der Waals surface area contributed by atoms with Crippen LogP contribution >= 0.6 is 0 Å². The van der Waals surface area contributed by atoms with Gasteiger partial charge in [0.15, 0.2) is 0 Å². The number of nitrogens with one attached hydrogen (secondary N) is 2. The van der Waals surface area contributed by atoms with Gasteiger partial charge >= 0.3 is 6.09 Å².